The molecule has 0 aliphatic rings. The van der Waals surface area contributed by atoms with Crippen molar-refractivity contribution in [2.45, 2.75) is 13.8 Å². The topological polar surface area (TPSA) is 82.3 Å². The van der Waals surface area contributed by atoms with Crippen molar-refractivity contribution in [3.63, 3.8) is 0 Å². The van der Waals surface area contributed by atoms with Crippen molar-refractivity contribution in [3.8, 4) is 16.3 Å². The lowest BCUT2D eigenvalue weighted by Crippen LogP contribution is -2.02. The zero-order chi connectivity index (χ0) is 14.0. The van der Waals surface area contributed by atoms with Crippen LogP contribution in [0.1, 0.15) is 11.9 Å². The van der Waals surface area contributed by atoms with E-state index in [1.807, 2.05) is 0 Å². The number of nitro benzene ring substituents is 1. The fraction of sp³-hybridized carbons (Fsp3) is 0.167. The minimum Gasteiger partial charge on any atom is -0.406 e. The number of carbonyl (C=O) groups is 1. The number of nitro groups is 1. The van der Waals surface area contributed by atoms with Gasteiger partial charge in [-0.15, -0.1) is 11.3 Å². The maximum atomic E-state index is 11.0. The second kappa shape index (κ2) is 5.15. The maximum Gasteiger partial charge on any atom is 0.309 e. The molecular weight excluding hydrogens is 268 g/mol. The number of hydrogen-bond donors (Lipinski definition) is 0. The molecule has 0 bridgehead atoms. The first-order valence-corrected chi connectivity index (χ1v) is 6.19. The summed E-state index contributed by atoms with van der Waals surface area (Å²) in [6.45, 7) is 3.10. The molecule has 6 nitrogen and oxygen atoms in total. The van der Waals surface area contributed by atoms with Crippen molar-refractivity contribution < 1.29 is 14.5 Å². The molecule has 0 aliphatic carbocycles. The van der Waals surface area contributed by atoms with Crippen molar-refractivity contribution in [2.75, 3.05) is 0 Å². The lowest BCUT2D eigenvalue weighted by Gasteiger charge is -2.01. The van der Waals surface area contributed by atoms with Gasteiger partial charge < -0.3 is 4.74 Å². The van der Waals surface area contributed by atoms with Crippen molar-refractivity contribution in [3.05, 3.63) is 39.4 Å². The molecule has 0 spiro atoms. The first-order chi connectivity index (χ1) is 8.97. The highest BCUT2D eigenvalue weighted by Gasteiger charge is 2.15. The van der Waals surface area contributed by atoms with Gasteiger partial charge in [0.2, 0.25) is 5.88 Å². The molecule has 1 heterocycles. The summed E-state index contributed by atoms with van der Waals surface area (Å²) >= 11 is 1.37. The molecule has 0 fully saturated rings. The third-order valence-electron chi connectivity index (χ3n) is 2.28. The van der Waals surface area contributed by atoms with E-state index in [4.69, 9.17) is 4.74 Å². The predicted octanol–water partition coefficient (Wildman–Crippen LogP) is 2.95. The molecule has 0 unspecified atom stereocenters. The Labute approximate surface area is 112 Å². The molecule has 19 heavy (non-hydrogen) atoms. The zero-order valence-electron chi connectivity index (χ0n) is 10.2. The Bertz CT molecular complexity index is 634. The van der Waals surface area contributed by atoms with Gasteiger partial charge in [-0.3, -0.25) is 14.9 Å². The Morgan fingerprint density at radius 3 is 2.53 bits per heavy atom. The molecule has 2 rings (SSSR count). The summed E-state index contributed by atoms with van der Waals surface area (Å²) in [5.74, 6) is -0.211. The van der Waals surface area contributed by atoms with Gasteiger partial charge in [-0.1, -0.05) is 0 Å². The summed E-state index contributed by atoms with van der Waals surface area (Å²) in [5, 5.41) is 11.3. The number of nitrogens with zero attached hydrogens (tertiary/aromatic N) is 2. The fourth-order valence-corrected chi connectivity index (χ4v) is 2.38. The lowest BCUT2D eigenvalue weighted by atomic mass is 10.2. The van der Waals surface area contributed by atoms with E-state index in [-0.39, 0.29) is 11.6 Å². The summed E-state index contributed by atoms with van der Waals surface area (Å²) < 4.78 is 5.02. The molecule has 0 saturated carbocycles. The molecule has 0 saturated heterocycles. The van der Waals surface area contributed by atoms with E-state index >= 15 is 0 Å². The van der Waals surface area contributed by atoms with Gasteiger partial charge in [0, 0.05) is 19.1 Å². The number of non-ortho nitro benzene ring substituents is 1. The number of carbonyl (C=O) groups excluding carboxylic acids is 1. The second-order valence-electron chi connectivity index (χ2n) is 3.76. The van der Waals surface area contributed by atoms with Crippen LogP contribution >= 0.6 is 11.3 Å². The van der Waals surface area contributed by atoms with Crippen LogP contribution in [0.5, 0.6) is 5.88 Å². The van der Waals surface area contributed by atoms with Gasteiger partial charge in [0.25, 0.3) is 5.69 Å². The largest absolute Gasteiger partial charge is 0.406 e. The first kappa shape index (κ1) is 13.2. The summed E-state index contributed by atoms with van der Waals surface area (Å²) in [4.78, 5) is 25.9. The Hall–Kier alpha value is -2.28. The molecule has 98 valence electrons. The van der Waals surface area contributed by atoms with E-state index < -0.39 is 10.9 Å². The monoisotopic (exact) mass is 278 g/mol. The molecule has 2 aromatic rings. The summed E-state index contributed by atoms with van der Waals surface area (Å²) in [6.07, 6.45) is 0. The quantitative estimate of drug-likeness (QED) is 0.489. The third-order valence-corrected chi connectivity index (χ3v) is 3.28. The predicted molar refractivity (Wildman–Crippen MR) is 70.3 cm³/mol. The number of aryl methyl sites for hydroxylation is 1. The van der Waals surface area contributed by atoms with Gasteiger partial charge >= 0.3 is 5.97 Å². The van der Waals surface area contributed by atoms with Crippen molar-refractivity contribution in [1.29, 1.82) is 0 Å². The van der Waals surface area contributed by atoms with E-state index in [1.54, 1.807) is 19.1 Å². The lowest BCUT2D eigenvalue weighted by molar-refractivity contribution is -0.384. The Morgan fingerprint density at radius 1 is 1.37 bits per heavy atom. The standard InChI is InChI=1S/C12H10N2O4S/c1-7-13-12(18-8(2)15)11(19-7)9-3-5-10(6-4-9)14(16)17/h3-6H,1-2H3. The third kappa shape index (κ3) is 2.94. The first-order valence-electron chi connectivity index (χ1n) is 5.38. The number of esters is 1. The van der Waals surface area contributed by atoms with Crippen LogP contribution in [0.3, 0.4) is 0 Å². The molecule has 0 amide bonds. The molecule has 0 N–H and O–H groups in total. The molecule has 7 heteroatoms. The second-order valence-corrected chi connectivity index (χ2v) is 4.97. The number of hydrogen-bond acceptors (Lipinski definition) is 6. The van der Waals surface area contributed by atoms with Crippen LogP contribution in [0.2, 0.25) is 0 Å². The van der Waals surface area contributed by atoms with Crippen LogP contribution in [0.15, 0.2) is 24.3 Å². The molecule has 1 aromatic heterocycles. The van der Waals surface area contributed by atoms with Crippen LogP contribution in [-0.2, 0) is 4.79 Å². The van der Waals surface area contributed by atoms with E-state index in [0.717, 1.165) is 10.6 Å². The van der Waals surface area contributed by atoms with Crippen LogP contribution in [0.25, 0.3) is 10.4 Å². The number of rotatable bonds is 3. The zero-order valence-corrected chi connectivity index (χ0v) is 11.1. The average molecular weight is 278 g/mol. The number of benzene rings is 1. The molecule has 0 radical (unpaired) electrons. The Morgan fingerprint density at radius 2 is 2.00 bits per heavy atom. The molecule has 0 atom stereocenters. The highest BCUT2D eigenvalue weighted by molar-refractivity contribution is 7.15. The van der Waals surface area contributed by atoms with E-state index in [0.29, 0.717) is 4.88 Å². The van der Waals surface area contributed by atoms with Crippen LogP contribution in [-0.4, -0.2) is 15.9 Å². The average Bonchev–Trinajstić information content (AvgIpc) is 2.69. The Kier molecular flexibility index (Phi) is 3.57. The van der Waals surface area contributed by atoms with Gasteiger partial charge in [0.15, 0.2) is 0 Å². The SMILES string of the molecule is CC(=O)Oc1nc(C)sc1-c1ccc([N+](=O)[O-])cc1. The number of ether oxygens (including phenoxy) is 1. The normalized spacial score (nSPS) is 10.2. The summed E-state index contributed by atoms with van der Waals surface area (Å²) in [7, 11) is 0. The highest BCUT2D eigenvalue weighted by atomic mass is 32.1. The van der Waals surface area contributed by atoms with Crippen molar-refractivity contribution in [1.82, 2.24) is 4.98 Å². The number of thiazole rings is 1. The van der Waals surface area contributed by atoms with Crippen molar-refractivity contribution >= 4 is 23.0 Å². The Balaban J connectivity index is 2.40. The van der Waals surface area contributed by atoms with Gasteiger partial charge in [0.1, 0.15) is 0 Å². The van der Waals surface area contributed by atoms with E-state index in [2.05, 4.69) is 4.98 Å². The van der Waals surface area contributed by atoms with Gasteiger partial charge in [-0.2, -0.15) is 0 Å². The van der Waals surface area contributed by atoms with Crippen LogP contribution in [0, 0.1) is 17.0 Å². The molecule has 0 aliphatic heterocycles. The fourth-order valence-electron chi connectivity index (χ4n) is 1.53. The molecule has 1 aromatic carbocycles. The van der Waals surface area contributed by atoms with E-state index in [1.165, 1.54) is 30.4 Å². The highest BCUT2D eigenvalue weighted by Crippen LogP contribution is 2.36. The van der Waals surface area contributed by atoms with Crippen LogP contribution in [0.4, 0.5) is 5.69 Å². The molecular formula is C12H10N2O4S. The van der Waals surface area contributed by atoms with Gasteiger partial charge in [-0.05, 0) is 24.6 Å². The van der Waals surface area contributed by atoms with Crippen LogP contribution < -0.4 is 4.74 Å². The maximum absolute atomic E-state index is 11.0. The van der Waals surface area contributed by atoms with Gasteiger partial charge in [-0.25, -0.2) is 4.98 Å². The number of aromatic nitrogens is 1. The minimum absolute atomic E-state index is 0.0130. The van der Waals surface area contributed by atoms with Gasteiger partial charge in [0.05, 0.1) is 14.8 Å². The minimum atomic E-state index is -0.464. The smallest absolute Gasteiger partial charge is 0.309 e. The summed E-state index contributed by atoms with van der Waals surface area (Å²) in [6, 6.07) is 6.03. The van der Waals surface area contributed by atoms with Crippen molar-refractivity contribution in [2.24, 2.45) is 0 Å². The van der Waals surface area contributed by atoms with E-state index in [9.17, 15) is 14.9 Å². The summed E-state index contributed by atoms with van der Waals surface area (Å²) in [5.41, 5.74) is 0.742.